The summed E-state index contributed by atoms with van der Waals surface area (Å²) in [6.07, 6.45) is -0.137. The summed E-state index contributed by atoms with van der Waals surface area (Å²) in [5, 5.41) is 11.2. The zero-order valence-electron chi connectivity index (χ0n) is 11.4. The molecule has 20 heavy (non-hydrogen) atoms. The lowest BCUT2D eigenvalue weighted by atomic mass is 10.3. The topological polar surface area (TPSA) is 78.9 Å². The molecular formula is C13H17FN2O4. The van der Waals surface area contributed by atoms with Crippen LogP contribution in [0, 0.1) is 5.82 Å². The lowest BCUT2D eigenvalue weighted by molar-refractivity contribution is -0.137. The van der Waals surface area contributed by atoms with Crippen molar-refractivity contribution >= 4 is 17.7 Å². The van der Waals surface area contributed by atoms with Crippen LogP contribution in [0.3, 0.4) is 0 Å². The molecule has 0 heterocycles. The molecule has 6 nitrogen and oxygen atoms in total. The van der Waals surface area contributed by atoms with Crippen molar-refractivity contribution in [2.24, 2.45) is 0 Å². The van der Waals surface area contributed by atoms with Gasteiger partial charge in [0.2, 0.25) is 0 Å². The number of carbonyl (C=O) groups excluding carboxylic acids is 1. The molecule has 0 radical (unpaired) electrons. The van der Waals surface area contributed by atoms with Crippen molar-refractivity contribution < 1.29 is 23.8 Å². The minimum absolute atomic E-state index is 0.0984. The highest BCUT2D eigenvalue weighted by Crippen LogP contribution is 2.25. The maximum absolute atomic E-state index is 13.0. The molecule has 0 aromatic heterocycles. The van der Waals surface area contributed by atoms with Crippen molar-refractivity contribution in [3.8, 4) is 5.75 Å². The number of halogens is 1. The minimum atomic E-state index is -0.976. The van der Waals surface area contributed by atoms with E-state index in [1.165, 1.54) is 24.1 Å². The first-order valence-electron chi connectivity index (χ1n) is 6.09. The predicted octanol–water partition coefficient (Wildman–Crippen LogP) is 2.16. The number of hydrogen-bond donors (Lipinski definition) is 2. The molecule has 7 heteroatoms. The molecule has 0 bridgehead atoms. The van der Waals surface area contributed by atoms with Gasteiger partial charge >= 0.3 is 12.0 Å². The maximum Gasteiger partial charge on any atom is 0.321 e. The third-order valence-electron chi connectivity index (χ3n) is 2.67. The number of carbonyl (C=O) groups is 2. The number of rotatable bonds is 6. The zero-order chi connectivity index (χ0) is 15.1. The molecule has 0 spiro atoms. The van der Waals surface area contributed by atoms with Gasteiger partial charge in [0, 0.05) is 19.2 Å². The van der Waals surface area contributed by atoms with E-state index in [2.05, 4.69) is 5.32 Å². The largest absolute Gasteiger partial charge is 0.494 e. The van der Waals surface area contributed by atoms with Crippen LogP contribution in [0.2, 0.25) is 0 Å². The van der Waals surface area contributed by atoms with Gasteiger partial charge < -0.3 is 20.1 Å². The van der Waals surface area contributed by atoms with Gasteiger partial charge in [-0.2, -0.15) is 0 Å². The highest BCUT2D eigenvalue weighted by atomic mass is 19.1. The Balaban J connectivity index is 2.75. The molecule has 0 unspecified atom stereocenters. The van der Waals surface area contributed by atoms with Gasteiger partial charge in [-0.05, 0) is 19.1 Å². The van der Waals surface area contributed by atoms with Crippen molar-refractivity contribution in [2.45, 2.75) is 13.3 Å². The van der Waals surface area contributed by atoms with Gasteiger partial charge in [0.1, 0.15) is 11.6 Å². The normalized spacial score (nSPS) is 9.95. The molecule has 0 aliphatic rings. The van der Waals surface area contributed by atoms with Crippen LogP contribution in [-0.2, 0) is 4.79 Å². The molecule has 0 saturated carbocycles. The highest BCUT2D eigenvalue weighted by molar-refractivity contribution is 5.91. The number of nitrogens with zero attached hydrogens (tertiary/aromatic N) is 1. The van der Waals surface area contributed by atoms with Gasteiger partial charge in [0.25, 0.3) is 0 Å². The van der Waals surface area contributed by atoms with E-state index < -0.39 is 17.8 Å². The Labute approximate surface area is 116 Å². The van der Waals surface area contributed by atoms with Crippen LogP contribution in [-0.4, -0.2) is 42.2 Å². The smallest absolute Gasteiger partial charge is 0.321 e. The van der Waals surface area contributed by atoms with Crippen LogP contribution >= 0.6 is 0 Å². The molecular weight excluding hydrogens is 267 g/mol. The predicted molar refractivity (Wildman–Crippen MR) is 71.5 cm³/mol. The third-order valence-corrected chi connectivity index (χ3v) is 2.67. The van der Waals surface area contributed by atoms with Crippen molar-refractivity contribution in [1.82, 2.24) is 4.90 Å². The fourth-order valence-electron chi connectivity index (χ4n) is 1.60. The number of carboxylic acids is 1. The SMILES string of the molecule is CCN(CCC(=O)O)C(=O)Nc1ccc(F)cc1OC. The van der Waals surface area contributed by atoms with Crippen LogP contribution in [0.5, 0.6) is 5.75 Å². The second-order valence-corrected chi connectivity index (χ2v) is 4.00. The van der Waals surface area contributed by atoms with Crippen LogP contribution in [0.1, 0.15) is 13.3 Å². The second-order valence-electron chi connectivity index (χ2n) is 4.00. The first-order valence-corrected chi connectivity index (χ1v) is 6.09. The van der Waals surface area contributed by atoms with Crippen LogP contribution in [0.4, 0.5) is 14.9 Å². The number of methoxy groups -OCH3 is 1. The summed E-state index contributed by atoms with van der Waals surface area (Å²) >= 11 is 0. The Morgan fingerprint density at radius 3 is 2.70 bits per heavy atom. The molecule has 1 aromatic rings. The van der Waals surface area contributed by atoms with E-state index in [9.17, 15) is 14.0 Å². The molecule has 0 aliphatic carbocycles. The van der Waals surface area contributed by atoms with Crippen molar-refractivity contribution in [3.63, 3.8) is 0 Å². The fourth-order valence-corrected chi connectivity index (χ4v) is 1.60. The van der Waals surface area contributed by atoms with Gasteiger partial charge in [0.15, 0.2) is 0 Å². The number of carboxylic acid groups (broad SMARTS) is 1. The standard InChI is InChI=1S/C13H17FN2O4/c1-3-16(7-6-12(17)18)13(19)15-10-5-4-9(14)8-11(10)20-2/h4-5,8H,3,6-7H2,1-2H3,(H,15,19)(H,17,18). The number of anilines is 1. The van der Waals surface area contributed by atoms with E-state index in [0.717, 1.165) is 6.07 Å². The molecule has 2 N–H and O–H groups in total. The van der Waals surface area contributed by atoms with E-state index in [1.54, 1.807) is 6.92 Å². The lowest BCUT2D eigenvalue weighted by Gasteiger charge is -2.21. The molecule has 0 aliphatic heterocycles. The number of urea groups is 1. The van der Waals surface area contributed by atoms with Gasteiger partial charge in [-0.15, -0.1) is 0 Å². The first-order chi connectivity index (χ1) is 9.47. The minimum Gasteiger partial charge on any atom is -0.494 e. The van der Waals surface area contributed by atoms with Crippen molar-refractivity contribution in [1.29, 1.82) is 0 Å². The van der Waals surface area contributed by atoms with Gasteiger partial charge in [-0.3, -0.25) is 4.79 Å². The number of benzene rings is 1. The summed E-state index contributed by atoms with van der Waals surface area (Å²) in [4.78, 5) is 23.8. The van der Waals surface area contributed by atoms with Crippen LogP contribution < -0.4 is 10.1 Å². The number of ether oxygens (including phenoxy) is 1. The monoisotopic (exact) mass is 284 g/mol. The average molecular weight is 284 g/mol. The lowest BCUT2D eigenvalue weighted by Crippen LogP contribution is -2.36. The maximum atomic E-state index is 13.0. The quantitative estimate of drug-likeness (QED) is 0.839. The Bertz CT molecular complexity index is 493. The Morgan fingerprint density at radius 2 is 2.15 bits per heavy atom. The zero-order valence-corrected chi connectivity index (χ0v) is 11.4. The van der Waals surface area contributed by atoms with Crippen molar-refractivity contribution in [3.05, 3.63) is 24.0 Å². The molecule has 110 valence electrons. The summed E-state index contributed by atoms with van der Waals surface area (Å²) < 4.78 is 18.0. The van der Waals surface area contributed by atoms with Gasteiger partial charge in [-0.25, -0.2) is 9.18 Å². The molecule has 0 fully saturated rings. The van der Waals surface area contributed by atoms with Crippen LogP contribution in [0.15, 0.2) is 18.2 Å². The number of nitrogens with one attached hydrogen (secondary N) is 1. The summed E-state index contributed by atoms with van der Waals surface area (Å²) in [5.74, 6) is -1.25. The van der Waals surface area contributed by atoms with E-state index in [4.69, 9.17) is 9.84 Å². The first kappa shape index (κ1) is 15.7. The summed E-state index contributed by atoms with van der Waals surface area (Å²) in [6.45, 7) is 2.20. The van der Waals surface area contributed by atoms with Gasteiger partial charge in [0.05, 0.1) is 19.2 Å². The Kier molecular flexibility index (Phi) is 5.76. The van der Waals surface area contributed by atoms with Crippen LogP contribution in [0.25, 0.3) is 0 Å². The van der Waals surface area contributed by atoms with E-state index in [1.807, 2.05) is 0 Å². The molecule has 1 rings (SSSR count). The third kappa shape index (κ3) is 4.42. The average Bonchev–Trinajstić information content (AvgIpc) is 2.41. The Hall–Kier alpha value is -2.31. The van der Waals surface area contributed by atoms with E-state index >= 15 is 0 Å². The van der Waals surface area contributed by atoms with E-state index in [0.29, 0.717) is 12.2 Å². The highest BCUT2D eigenvalue weighted by Gasteiger charge is 2.15. The van der Waals surface area contributed by atoms with E-state index in [-0.39, 0.29) is 18.7 Å². The summed E-state index contributed by atoms with van der Waals surface area (Å²) in [7, 11) is 1.37. The molecule has 0 atom stereocenters. The molecule has 2 amide bonds. The number of aliphatic carboxylic acids is 1. The molecule has 1 aromatic carbocycles. The summed E-state index contributed by atoms with van der Waals surface area (Å²) in [6, 6.07) is 3.28. The second kappa shape index (κ2) is 7.32. The Morgan fingerprint density at radius 1 is 1.45 bits per heavy atom. The summed E-state index contributed by atoms with van der Waals surface area (Å²) in [5.41, 5.74) is 0.327. The fraction of sp³-hybridized carbons (Fsp3) is 0.385. The van der Waals surface area contributed by atoms with Gasteiger partial charge in [-0.1, -0.05) is 0 Å². The number of amides is 2. The van der Waals surface area contributed by atoms with Crippen molar-refractivity contribution in [2.75, 3.05) is 25.5 Å². The number of hydrogen-bond acceptors (Lipinski definition) is 3. The molecule has 0 saturated heterocycles.